The third kappa shape index (κ3) is 4.33. The second-order valence-corrected chi connectivity index (χ2v) is 8.81. The maximum absolute atomic E-state index is 12.0. The molecule has 0 aliphatic carbocycles. The molecule has 120 valence electrons. The SMILES string of the molecule is CC(C)CSc1nnc(SCc2cc(=O)n3ccccc3n2)s1. The number of rotatable bonds is 6. The average Bonchev–Trinajstić information content (AvgIpc) is 2.99. The molecule has 0 bridgehead atoms. The number of hydrogen-bond donors (Lipinski definition) is 0. The van der Waals surface area contributed by atoms with Gasteiger partial charge in [0.2, 0.25) is 0 Å². The van der Waals surface area contributed by atoms with E-state index in [0.29, 0.717) is 17.3 Å². The predicted octanol–water partition coefficient (Wildman–Crippen LogP) is 3.59. The summed E-state index contributed by atoms with van der Waals surface area (Å²) in [6, 6.07) is 7.11. The number of pyridine rings is 1. The van der Waals surface area contributed by atoms with Gasteiger partial charge in [0.1, 0.15) is 5.65 Å². The van der Waals surface area contributed by atoms with Gasteiger partial charge in [0.15, 0.2) is 8.68 Å². The second-order valence-electron chi connectivity index (χ2n) is 5.34. The van der Waals surface area contributed by atoms with Crippen molar-refractivity contribution in [3.05, 3.63) is 46.5 Å². The highest BCUT2D eigenvalue weighted by Gasteiger charge is 2.08. The predicted molar refractivity (Wildman–Crippen MR) is 96.5 cm³/mol. The quantitative estimate of drug-likeness (QED) is 0.623. The van der Waals surface area contributed by atoms with Crippen molar-refractivity contribution in [1.29, 1.82) is 0 Å². The van der Waals surface area contributed by atoms with E-state index in [0.717, 1.165) is 20.1 Å². The molecule has 0 spiro atoms. The van der Waals surface area contributed by atoms with Crippen LogP contribution in [0, 0.1) is 5.92 Å². The molecule has 0 amide bonds. The van der Waals surface area contributed by atoms with E-state index in [-0.39, 0.29) is 5.56 Å². The summed E-state index contributed by atoms with van der Waals surface area (Å²) >= 11 is 4.90. The fourth-order valence-electron chi connectivity index (χ4n) is 1.86. The normalized spacial score (nSPS) is 11.4. The van der Waals surface area contributed by atoms with Crippen molar-refractivity contribution in [2.45, 2.75) is 28.3 Å². The highest BCUT2D eigenvalue weighted by atomic mass is 32.2. The molecule has 0 aliphatic heterocycles. The number of nitrogens with zero attached hydrogens (tertiary/aromatic N) is 4. The zero-order chi connectivity index (χ0) is 16.2. The van der Waals surface area contributed by atoms with E-state index >= 15 is 0 Å². The molecule has 0 aromatic carbocycles. The number of fused-ring (bicyclic) bond motifs is 1. The van der Waals surface area contributed by atoms with E-state index in [1.54, 1.807) is 51.5 Å². The zero-order valence-corrected chi connectivity index (χ0v) is 15.2. The molecule has 3 rings (SSSR count). The minimum Gasteiger partial charge on any atom is -0.269 e. The molecular weight excluding hydrogens is 348 g/mol. The highest BCUT2D eigenvalue weighted by molar-refractivity contribution is 8.02. The monoisotopic (exact) mass is 364 g/mol. The van der Waals surface area contributed by atoms with E-state index in [4.69, 9.17) is 0 Å². The standard InChI is InChI=1S/C15H16N4OS3/c1-10(2)8-21-14-17-18-15(23-14)22-9-11-7-13(20)19-6-4-3-5-12(19)16-11/h3-7,10H,8-9H2,1-2H3. The molecule has 0 saturated heterocycles. The Hall–Kier alpha value is -1.38. The largest absolute Gasteiger partial charge is 0.269 e. The van der Waals surface area contributed by atoms with Crippen LogP contribution in [0.15, 0.2) is 43.9 Å². The molecule has 0 N–H and O–H groups in total. The van der Waals surface area contributed by atoms with Gasteiger partial charge in [0, 0.05) is 23.8 Å². The lowest BCUT2D eigenvalue weighted by Crippen LogP contribution is -2.14. The molecule has 0 saturated carbocycles. The molecule has 3 heterocycles. The van der Waals surface area contributed by atoms with Crippen LogP contribution in [0.5, 0.6) is 0 Å². The summed E-state index contributed by atoms with van der Waals surface area (Å²) in [6.07, 6.45) is 1.73. The smallest absolute Gasteiger partial charge is 0.258 e. The Morgan fingerprint density at radius 3 is 2.78 bits per heavy atom. The first kappa shape index (κ1) is 16.5. The summed E-state index contributed by atoms with van der Waals surface area (Å²) in [4.78, 5) is 16.6. The van der Waals surface area contributed by atoms with Crippen LogP contribution in [0.1, 0.15) is 19.5 Å². The summed E-state index contributed by atoms with van der Waals surface area (Å²) in [5.41, 5.74) is 1.37. The van der Waals surface area contributed by atoms with Crippen molar-refractivity contribution in [3.63, 3.8) is 0 Å². The van der Waals surface area contributed by atoms with Crippen LogP contribution >= 0.6 is 34.9 Å². The maximum atomic E-state index is 12.0. The molecule has 0 aliphatic rings. The van der Waals surface area contributed by atoms with Crippen LogP contribution in [-0.2, 0) is 5.75 Å². The molecule has 3 aromatic rings. The molecule has 0 radical (unpaired) electrons. The average molecular weight is 365 g/mol. The number of thioether (sulfide) groups is 2. The third-order valence-electron chi connectivity index (χ3n) is 2.90. The lowest BCUT2D eigenvalue weighted by Gasteiger charge is -2.02. The Labute approximate surface area is 146 Å². The lowest BCUT2D eigenvalue weighted by molar-refractivity contribution is 0.749. The topological polar surface area (TPSA) is 60.2 Å². The van der Waals surface area contributed by atoms with Crippen LogP contribution in [0.2, 0.25) is 0 Å². The Bertz CT molecular complexity index is 859. The summed E-state index contributed by atoms with van der Waals surface area (Å²) in [7, 11) is 0. The van der Waals surface area contributed by atoms with E-state index in [9.17, 15) is 4.79 Å². The Morgan fingerprint density at radius 1 is 1.22 bits per heavy atom. The molecule has 23 heavy (non-hydrogen) atoms. The molecule has 5 nitrogen and oxygen atoms in total. The molecule has 0 unspecified atom stereocenters. The Balaban J connectivity index is 1.67. The fraction of sp³-hybridized carbons (Fsp3) is 0.333. The van der Waals surface area contributed by atoms with E-state index < -0.39 is 0 Å². The van der Waals surface area contributed by atoms with E-state index in [1.807, 2.05) is 18.2 Å². The molecule has 3 aromatic heterocycles. The summed E-state index contributed by atoms with van der Waals surface area (Å²) in [5, 5.41) is 8.39. The van der Waals surface area contributed by atoms with Gasteiger partial charge in [0.25, 0.3) is 5.56 Å². The minimum atomic E-state index is -0.0587. The number of hydrogen-bond acceptors (Lipinski definition) is 7. The van der Waals surface area contributed by atoms with Crippen molar-refractivity contribution in [3.8, 4) is 0 Å². The van der Waals surface area contributed by atoms with Crippen molar-refractivity contribution in [2.75, 3.05) is 5.75 Å². The van der Waals surface area contributed by atoms with Gasteiger partial charge in [0.05, 0.1) is 5.69 Å². The van der Waals surface area contributed by atoms with Gasteiger partial charge in [-0.25, -0.2) is 4.98 Å². The first-order valence-electron chi connectivity index (χ1n) is 7.18. The van der Waals surface area contributed by atoms with Gasteiger partial charge in [-0.15, -0.1) is 10.2 Å². The van der Waals surface area contributed by atoms with Gasteiger partial charge < -0.3 is 0 Å². The molecule has 0 atom stereocenters. The van der Waals surface area contributed by atoms with E-state index in [2.05, 4.69) is 29.0 Å². The van der Waals surface area contributed by atoms with Crippen molar-refractivity contribution < 1.29 is 0 Å². The van der Waals surface area contributed by atoms with Crippen LogP contribution in [0.4, 0.5) is 0 Å². The van der Waals surface area contributed by atoms with Crippen LogP contribution in [-0.4, -0.2) is 25.3 Å². The third-order valence-corrected chi connectivity index (χ3v) is 6.55. The van der Waals surface area contributed by atoms with Crippen LogP contribution < -0.4 is 5.56 Å². The van der Waals surface area contributed by atoms with Crippen LogP contribution in [0.3, 0.4) is 0 Å². The van der Waals surface area contributed by atoms with Crippen molar-refractivity contribution in [1.82, 2.24) is 19.6 Å². The summed E-state index contributed by atoms with van der Waals surface area (Å²) in [5.74, 6) is 2.29. The Morgan fingerprint density at radius 2 is 2.00 bits per heavy atom. The summed E-state index contributed by atoms with van der Waals surface area (Å²) < 4.78 is 3.44. The van der Waals surface area contributed by atoms with Crippen molar-refractivity contribution in [2.24, 2.45) is 5.92 Å². The first-order valence-corrected chi connectivity index (χ1v) is 9.97. The van der Waals surface area contributed by atoms with E-state index in [1.165, 1.54) is 0 Å². The highest BCUT2D eigenvalue weighted by Crippen LogP contribution is 2.31. The molecule has 0 fully saturated rings. The second kappa shape index (κ2) is 7.46. The zero-order valence-electron chi connectivity index (χ0n) is 12.8. The van der Waals surface area contributed by atoms with Crippen molar-refractivity contribution >= 4 is 40.5 Å². The maximum Gasteiger partial charge on any atom is 0.258 e. The van der Waals surface area contributed by atoms with Gasteiger partial charge in [-0.05, 0) is 18.1 Å². The molecule has 8 heteroatoms. The summed E-state index contributed by atoms with van der Waals surface area (Å²) in [6.45, 7) is 4.38. The molecular formula is C15H16N4OS3. The Kier molecular flexibility index (Phi) is 5.34. The fourth-order valence-corrected chi connectivity index (χ4v) is 4.75. The first-order chi connectivity index (χ1) is 11.1. The van der Waals surface area contributed by atoms with Gasteiger partial charge in [-0.2, -0.15) is 0 Å². The lowest BCUT2D eigenvalue weighted by atomic mass is 10.3. The van der Waals surface area contributed by atoms with Gasteiger partial charge in [-0.1, -0.05) is 54.8 Å². The van der Waals surface area contributed by atoms with Gasteiger partial charge >= 0.3 is 0 Å². The van der Waals surface area contributed by atoms with Crippen LogP contribution in [0.25, 0.3) is 5.65 Å². The van der Waals surface area contributed by atoms with Gasteiger partial charge in [-0.3, -0.25) is 9.20 Å². The minimum absolute atomic E-state index is 0.0587. The number of aromatic nitrogens is 4.